The van der Waals surface area contributed by atoms with Crippen LogP contribution in [0.5, 0.6) is 0 Å². The van der Waals surface area contributed by atoms with E-state index in [4.69, 9.17) is 4.74 Å². The third-order valence-corrected chi connectivity index (χ3v) is 7.55. The van der Waals surface area contributed by atoms with Crippen molar-refractivity contribution >= 4 is 33.0 Å². The van der Waals surface area contributed by atoms with Crippen LogP contribution in [-0.2, 0) is 24.2 Å². The maximum Gasteiger partial charge on any atom is 0.243 e. The summed E-state index contributed by atoms with van der Waals surface area (Å²) in [6, 6.07) is 7.49. The van der Waals surface area contributed by atoms with E-state index in [1.165, 1.54) is 11.8 Å². The molecule has 162 valence electrons. The highest BCUT2D eigenvalue weighted by Crippen LogP contribution is 2.19. The number of sulfone groups is 1. The van der Waals surface area contributed by atoms with E-state index in [2.05, 4.69) is 10.2 Å². The lowest BCUT2D eigenvalue weighted by Gasteiger charge is -2.29. The molecule has 1 aliphatic heterocycles. The van der Waals surface area contributed by atoms with Gasteiger partial charge in [-0.1, -0.05) is 0 Å². The van der Waals surface area contributed by atoms with Gasteiger partial charge in [0.15, 0.2) is 9.84 Å². The van der Waals surface area contributed by atoms with Crippen molar-refractivity contribution in [1.82, 2.24) is 4.90 Å². The molecule has 1 aliphatic rings. The second-order valence-corrected chi connectivity index (χ2v) is 10.2. The van der Waals surface area contributed by atoms with Crippen LogP contribution < -0.4 is 10.2 Å². The average Bonchev–Trinajstić information content (AvgIpc) is 2.72. The Bertz CT molecular complexity index is 802. The molecule has 8 nitrogen and oxygen atoms in total. The summed E-state index contributed by atoms with van der Waals surface area (Å²) in [5, 5.41) is 0.935. The molecule has 0 radical (unpaired) electrons. The lowest BCUT2D eigenvalue weighted by molar-refractivity contribution is -0.133. The first-order valence-corrected chi connectivity index (χ1v) is 11.5. The van der Waals surface area contributed by atoms with Crippen molar-refractivity contribution in [3.63, 3.8) is 0 Å². The number of ether oxygens (including phenoxy) is 1. The number of nitrogens with one attached hydrogen (secondary N) is 1. The number of hydrogen-bond donors (Lipinski definition) is 1. The van der Waals surface area contributed by atoms with Gasteiger partial charge in [0.1, 0.15) is 5.25 Å². The van der Waals surface area contributed by atoms with Gasteiger partial charge in [-0.05, 0) is 52.0 Å². The van der Waals surface area contributed by atoms with Gasteiger partial charge in [0.2, 0.25) is 11.8 Å². The Morgan fingerprint density at radius 1 is 1.14 bits per heavy atom. The fourth-order valence-electron chi connectivity index (χ4n) is 3.10. The zero-order valence-electron chi connectivity index (χ0n) is 17.6. The zero-order chi connectivity index (χ0) is 21.6. The second-order valence-electron chi connectivity index (χ2n) is 7.33. The third kappa shape index (κ3) is 5.93. The van der Waals surface area contributed by atoms with Gasteiger partial charge in [0, 0.05) is 31.0 Å². The molecule has 1 saturated heterocycles. The first-order valence-electron chi connectivity index (χ1n) is 9.91. The first-order chi connectivity index (χ1) is 13.7. The topological polar surface area (TPSA) is 96.0 Å². The van der Waals surface area contributed by atoms with E-state index in [1.807, 2.05) is 24.3 Å². The van der Waals surface area contributed by atoms with Gasteiger partial charge in [0.25, 0.3) is 0 Å². The van der Waals surface area contributed by atoms with Crippen LogP contribution in [0.3, 0.4) is 0 Å². The maximum atomic E-state index is 12.6. The van der Waals surface area contributed by atoms with Crippen LogP contribution in [0.4, 0.5) is 11.4 Å². The molecule has 29 heavy (non-hydrogen) atoms. The SMILES string of the molecule is CCN(CC(=O)Nc1ccc(N2CCOCC2)cc1)C(=O)C(C)S(=O)(=O)C(C)C. The number of carbonyl (C=O) groups excluding carboxylic acids is 2. The summed E-state index contributed by atoms with van der Waals surface area (Å²) in [6.45, 7) is 9.30. The van der Waals surface area contributed by atoms with Crippen molar-refractivity contribution in [2.45, 2.75) is 38.2 Å². The average molecular weight is 426 g/mol. The largest absolute Gasteiger partial charge is 0.378 e. The summed E-state index contributed by atoms with van der Waals surface area (Å²) in [4.78, 5) is 28.5. The Labute approximate surface area is 173 Å². The predicted molar refractivity (Wildman–Crippen MR) is 114 cm³/mol. The number of carbonyl (C=O) groups is 2. The highest BCUT2D eigenvalue weighted by atomic mass is 32.2. The summed E-state index contributed by atoms with van der Waals surface area (Å²) in [5.74, 6) is -0.924. The van der Waals surface area contributed by atoms with Crippen molar-refractivity contribution in [1.29, 1.82) is 0 Å². The van der Waals surface area contributed by atoms with Crippen LogP contribution in [-0.4, -0.2) is 75.0 Å². The van der Waals surface area contributed by atoms with E-state index in [-0.39, 0.29) is 19.0 Å². The van der Waals surface area contributed by atoms with E-state index in [0.717, 1.165) is 18.8 Å². The fourth-order valence-corrected chi connectivity index (χ4v) is 4.35. The van der Waals surface area contributed by atoms with E-state index in [1.54, 1.807) is 20.8 Å². The quantitative estimate of drug-likeness (QED) is 0.678. The smallest absolute Gasteiger partial charge is 0.243 e. The van der Waals surface area contributed by atoms with Gasteiger partial charge in [-0.2, -0.15) is 0 Å². The number of morpholine rings is 1. The molecule has 1 N–H and O–H groups in total. The van der Waals surface area contributed by atoms with Crippen molar-refractivity contribution < 1.29 is 22.7 Å². The molecular weight excluding hydrogens is 394 g/mol. The van der Waals surface area contributed by atoms with Gasteiger partial charge in [-0.15, -0.1) is 0 Å². The number of amides is 2. The Hall–Kier alpha value is -2.13. The zero-order valence-corrected chi connectivity index (χ0v) is 18.4. The Kier molecular flexibility index (Phi) is 8.04. The second kappa shape index (κ2) is 10.1. The molecule has 1 fully saturated rings. The number of anilines is 2. The molecule has 0 saturated carbocycles. The van der Waals surface area contributed by atoms with E-state index >= 15 is 0 Å². The monoisotopic (exact) mass is 425 g/mol. The van der Waals surface area contributed by atoms with Crippen molar-refractivity contribution in [3.8, 4) is 0 Å². The number of likely N-dealkylation sites (N-methyl/N-ethyl adjacent to an activating group) is 1. The lowest BCUT2D eigenvalue weighted by atomic mass is 10.2. The molecule has 0 aliphatic carbocycles. The van der Waals surface area contributed by atoms with Crippen molar-refractivity contribution in [2.24, 2.45) is 0 Å². The Balaban J connectivity index is 1.96. The van der Waals surface area contributed by atoms with E-state index < -0.39 is 26.2 Å². The molecule has 1 unspecified atom stereocenters. The third-order valence-electron chi connectivity index (χ3n) is 5.05. The number of nitrogens with zero attached hydrogens (tertiary/aromatic N) is 2. The normalized spacial score (nSPS) is 15.8. The molecule has 1 aromatic rings. The lowest BCUT2D eigenvalue weighted by Crippen LogP contribution is -2.46. The van der Waals surface area contributed by atoms with Gasteiger partial charge in [0.05, 0.1) is 25.0 Å². The summed E-state index contributed by atoms with van der Waals surface area (Å²) >= 11 is 0. The highest BCUT2D eigenvalue weighted by molar-refractivity contribution is 7.93. The number of hydrogen-bond acceptors (Lipinski definition) is 6. The van der Waals surface area contributed by atoms with E-state index in [0.29, 0.717) is 18.9 Å². The minimum absolute atomic E-state index is 0.196. The molecule has 0 bridgehead atoms. The molecule has 1 heterocycles. The molecule has 1 atom stereocenters. The molecular formula is C20H31N3O5S. The van der Waals surface area contributed by atoms with Gasteiger partial charge < -0.3 is 19.9 Å². The van der Waals surface area contributed by atoms with Gasteiger partial charge in [-0.25, -0.2) is 8.42 Å². The molecule has 0 aromatic heterocycles. The van der Waals surface area contributed by atoms with Crippen LogP contribution >= 0.6 is 0 Å². The summed E-state index contributed by atoms with van der Waals surface area (Å²) in [7, 11) is -3.58. The minimum Gasteiger partial charge on any atom is -0.378 e. The minimum atomic E-state index is -3.58. The number of benzene rings is 1. The van der Waals surface area contributed by atoms with Crippen molar-refractivity contribution in [3.05, 3.63) is 24.3 Å². The van der Waals surface area contributed by atoms with E-state index in [9.17, 15) is 18.0 Å². The molecule has 1 aromatic carbocycles. The summed E-state index contributed by atoms with van der Waals surface area (Å²) in [5.41, 5.74) is 1.68. The highest BCUT2D eigenvalue weighted by Gasteiger charge is 2.33. The van der Waals surface area contributed by atoms with Crippen LogP contribution in [0.15, 0.2) is 24.3 Å². The van der Waals surface area contributed by atoms with Gasteiger partial charge >= 0.3 is 0 Å². The van der Waals surface area contributed by atoms with Crippen LogP contribution in [0.2, 0.25) is 0 Å². The fraction of sp³-hybridized carbons (Fsp3) is 0.600. The van der Waals surface area contributed by atoms with Gasteiger partial charge in [-0.3, -0.25) is 9.59 Å². The molecule has 9 heteroatoms. The Morgan fingerprint density at radius 2 is 1.72 bits per heavy atom. The summed E-state index contributed by atoms with van der Waals surface area (Å²) in [6.07, 6.45) is 0. The standard InChI is InChI=1S/C20H31N3O5S/c1-5-22(20(25)16(4)29(26,27)15(2)3)14-19(24)21-17-6-8-18(9-7-17)23-10-12-28-13-11-23/h6-9,15-16H,5,10-14H2,1-4H3,(H,21,24). The summed E-state index contributed by atoms with van der Waals surface area (Å²) < 4.78 is 29.9. The van der Waals surface area contributed by atoms with Crippen LogP contribution in [0.25, 0.3) is 0 Å². The first kappa shape index (κ1) is 23.2. The maximum absolute atomic E-state index is 12.6. The predicted octanol–water partition coefficient (Wildman–Crippen LogP) is 1.52. The van der Waals surface area contributed by atoms with Crippen LogP contribution in [0.1, 0.15) is 27.7 Å². The molecule has 0 spiro atoms. The van der Waals surface area contributed by atoms with Crippen LogP contribution in [0, 0.1) is 0 Å². The number of rotatable bonds is 8. The van der Waals surface area contributed by atoms with Crippen molar-refractivity contribution in [2.75, 3.05) is 49.6 Å². The molecule has 2 amide bonds. The Morgan fingerprint density at radius 3 is 2.24 bits per heavy atom. The molecule has 2 rings (SSSR count).